The van der Waals surface area contributed by atoms with Gasteiger partial charge in [-0.3, -0.25) is 4.79 Å². The molecule has 0 spiro atoms. The smallest absolute Gasteiger partial charge is 0.263 e. The molecule has 0 fully saturated rings. The van der Waals surface area contributed by atoms with Crippen LogP contribution in [0, 0.1) is 0 Å². The van der Waals surface area contributed by atoms with E-state index in [0.29, 0.717) is 10.6 Å². The van der Waals surface area contributed by atoms with Gasteiger partial charge in [-0.25, -0.2) is 4.98 Å². The lowest BCUT2D eigenvalue weighted by Gasteiger charge is -2.19. The van der Waals surface area contributed by atoms with Crippen LogP contribution in [0.3, 0.4) is 0 Å². The number of amides is 1. The van der Waals surface area contributed by atoms with Gasteiger partial charge in [0.2, 0.25) is 0 Å². The Morgan fingerprint density at radius 1 is 1.30 bits per heavy atom. The van der Waals surface area contributed by atoms with Crippen molar-refractivity contribution in [3.8, 4) is 5.75 Å². The Balaban J connectivity index is 2.13. The summed E-state index contributed by atoms with van der Waals surface area (Å²) < 4.78 is 5.23. The summed E-state index contributed by atoms with van der Waals surface area (Å²) in [6.07, 6.45) is 0. The number of hydrogen-bond donors (Lipinski definition) is 2. The van der Waals surface area contributed by atoms with Crippen LogP contribution in [0.4, 0.5) is 5.69 Å². The average Bonchev–Trinajstić information content (AvgIpc) is 2.79. The van der Waals surface area contributed by atoms with Gasteiger partial charge in [0.25, 0.3) is 5.91 Å². The fraction of sp³-hybridized carbons (Fsp3) is 0.294. The lowest BCUT2D eigenvalue weighted by atomic mass is 10.1. The standard InChI is InChI=1S/C17H19N3O2S/c1-17(2,3)20-15(21)14-13(18)11-7-9-5-6-10(22-4)8-12(9)19-16(11)23-14/h5-8H,18H2,1-4H3,(H,20,21). The van der Waals surface area contributed by atoms with Crippen LogP contribution in [0.25, 0.3) is 21.1 Å². The molecule has 0 aliphatic carbocycles. The fourth-order valence-corrected chi connectivity index (χ4v) is 3.35. The van der Waals surface area contributed by atoms with Crippen LogP contribution >= 0.6 is 11.3 Å². The normalized spacial score (nSPS) is 11.8. The van der Waals surface area contributed by atoms with Gasteiger partial charge in [0, 0.05) is 22.4 Å². The molecule has 1 amide bonds. The Morgan fingerprint density at radius 3 is 2.70 bits per heavy atom. The van der Waals surface area contributed by atoms with E-state index in [1.165, 1.54) is 11.3 Å². The maximum absolute atomic E-state index is 12.4. The molecule has 5 nitrogen and oxygen atoms in total. The van der Waals surface area contributed by atoms with Crippen molar-refractivity contribution in [3.63, 3.8) is 0 Å². The van der Waals surface area contributed by atoms with Gasteiger partial charge in [-0.05, 0) is 39.0 Å². The number of fused-ring (bicyclic) bond motifs is 2. The second-order valence-corrected chi connectivity index (χ2v) is 7.45. The van der Waals surface area contributed by atoms with Gasteiger partial charge in [0.05, 0.1) is 18.3 Å². The second-order valence-electron chi connectivity index (χ2n) is 6.45. The van der Waals surface area contributed by atoms with Crippen molar-refractivity contribution >= 4 is 44.1 Å². The molecule has 0 radical (unpaired) electrons. The van der Waals surface area contributed by atoms with E-state index >= 15 is 0 Å². The number of aromatic nitrogens is 1. The molecule has 23 heavy (non-hydrogen) atoms. The lowest BCUT2D eigenvalue weighted by molar-refractivity contribution is 0.0924. The van der Waals surface area contributed by atoms with E-state index in [-0.39, 0.29) is 11.4 Å². The first-order valence-corrected chi connectivity index (χ1v) is 8.09. The van der Waals surface area contributed by atoms with Crippen LogP contribution < -0.4 is 15.8 Å². The van der Waals surface area contributed by atoms with Crippen LogP contribution in [0.2, 0.25) is 0 Å². The summed E-state index contributed by atoms with van der Waals surface area (Å²) in [5.41, 5.74) is 7.18. The summed E-state index contributed by atoms with van der Waals surface area (Å²) in [6.45, 7) is 5.81. The average molecular weight is 329 g/mol. The summed E-state index contributed by atoms with van der Waals surface area (Å²) >= 11 is 1.31. The van der Waals surface area contributed by atoms with Gasteiger partial charge in [-0.15, -0.1) is 11.3 Å². The first-order valence-electron chi connectivity index (χ1n) is 7.28. The van der Waals surface area contributed by atoms with Gasteiger partial charge in [0.1, 0.15) is 15.5 Å². The van der Waals surface area contributed by atoms with Gasteiger partial charge in [0.15, 0.2) is 0 Å². The number of pyridine rings is 1. The highest BCUT2D eigenvalue weighted by atomic mass is 32.1. The molecular weight excluding hydrogens is 310 g/mol. The second kappa shape index (κ2) is 5.38. The van der Waals surface area contributed by atoms with Crippen molar-refractivity contribution < 1.29 is 9.53 Å². The van der Waals surface area contributed by atoms with E-state index in [1.54, 1.807) is 7.11 Å². The number of hydrogen-bond acceptors (Lipinski definition) is 5. The Kier molecular flexibility index (Phi) is 3.64. The highest BCUT2D eigenvalue weighted by Gasteiger charge is 2.21. The van der Waals surface area contributed by atoms with Gasteiger partial charge in [-0.2, -0.15) is 0 Å². The third kappa shape index (κ3) is 2.94. The number of nitrogens with two attached hydrogens (primary N) is 1. The molecule has 0 bridgehead atoms. The summed E-state index contributed by atoms with van der Waals surface area (Å²) in [6, 6.07) is 7.66. The number of methoxy groups -OCH3 is 1. The van der Waals surface area contributed by atoms with Crippen molar-refractivity contribution in [3.05, 3.63) is 29.1 Å². The topological polar surface area (TPSA) is 77.2 Å². The summed E-state index contributed by atoms with van der Waals surface area (Å²) in [4.78, 5) is 18.3. The highest BCUT2D eigenvalue weighted by molar-refractivity contribution is 7.21. The van der Waals surface area contributed by atoms with Crippen molar-refractivity contribution in [2.45, 2.75) is 26.3 Å². The highest BCUT2D eigenvalue weighted by Crippen LogP contribution is 2.35. The van der Waals surface area contributed by atoms with E-state index in [0.717, 1.165) is 26.9 Å². The molecule has 0 unspecified atom stereocenters. The van der Waals surface area contributed by atoms with Crippen LogP contribution in [-0.2, 0) is 0 Å². The Hall–Kier alpha value is -2.34. The zero-order chi connectivity index (χ0) is 16.8. The van der Waals surface area contributed by atoms with Crippen LogP contribution in [0.15, 0.2) is 24.3 Å². The molecule has 1 aromatic carbocycles. The van der Waals surface area contributed by atoms with Gasteiger partial charge in [-0.1, -0.05) is 0 Å². The first kappa shape index (κ1) is 15.6. The SMILES string of the molecule is COc1ccc2cc3c(N)c(C(=O)NC(C)(C)C)sc3nc2c1. The molecule has 0 saturated carbocycles. The van der Waals surface area contributed by atoms with Gasteiger partial charge < -0.3 is 15.8 Å². The van der Waals surface area contributed by atoms with Crippen molar-refractivity contribution in [1.82, 2.24) is 10.3 Å². The van der Waals surface area contributed by atoms with E-state index < -0.39 is 0 Å². The number of carbonyl (C=O) groups is 1. The number of anilines is 1. The lowest BCUT2D eigenvalue weighted by Crippen LogP contribution is -2.40. The Bertz CT molecular complexity index is 909. The minimum absolute atomic E-state index is 0.167. The van der Waals surface area contributed by atoms with E-state index in [1.807, 2.05) is 45.0 Å². The molecule has 3 N–H and O–H groups in total. The predicted molar refractivity (Wildman–Crippen MR) is 95.3 cm³/mol. The third-order valence-electron chi connectivity index (χ3n) is 3.42. The molecule has 0 saturated heterocycles. The molecule has 0 atom stereocenters. The van der Waals surface area contributed by atoms with Crippen LogP contribution in [-0.4, -0.2) is 23.5 Å². The number of thiophene rings is 1. The minimum atomic E-state index is -0.314. The summed E-state index contributed by atoms with van der Waals surface area (Å²) in [5, 5.41) is 4.72. The number of nitrogens with one attached hydrogen (secondary N) is 1. The van der Waals surface area contributed by atoms with Crippen LogP contribution in [0.1, 0.15) is 30.4 Å². The summed E-state index contributed by atoms with van der Waals surface area (Å²) in [5.74, 6) is 0.583. The van der Waals surface area contributed by atoms with E-state index in [9.17, 15) is 4.79 Å². The molecule has 3 rings (SSSR count). The monoisotopic (exact) mass is 329 g/mol. The largest absolute Gasteiger partial charge is 0.497 e. The van der Waals surface area contributed by atoms with E-state index in [2.05, 4.69) is 10.3 Å². The zero-order valence-corrected chi connectivity index (χ0v) is 14.4. The first-order chi connectivity index (χ1) is 10.8. The summed E-state index contributed by atoms with van der Waals surface area (Å²) in [7, 11) is 1.62. The van der Waals surface area contributed by atoms with E-state index in [4.69, 9.17) is 10.5 Å². The maximum Gasteiger partial charge on any atom is 0.263 e. The molecule has 0 aliphatic rings. The Morgan fingerprint density at radius 2 is 2.04 bits per heavy atom. The maximum atomic E-state index is 12.4. The molecule has 120 valence electrons. The number of benzene rings is 1. The third-order valence-corrected chi connectivity index (χ3v) is 4.53. The van der Waals surface area contributed by atoms with Crippen molar-refractivity contribution in [2.75, 3.05) is 12.8 Å². The minimum Gasteiger partial charge on any atom is -0.497 e. The van der Waals surface area contributed by atoms with Gasteiger partial charge >= 0.3 is 0 Å². The molecule has 0 aliphatic heterocycles. The van der Waals surface area contributed by atoms with Crippen LogP contribution in [0.5, 0.6) is 5.75 Å². The fourth-order valence-electron chi connectivity index (χ4n) is 2.37. The molecular formula is C17H19N3O2S. The molecule has 6 heteroatoms. The number of carbonyl (C=O) groups excluding carboxylic acids is 1. The zero-order valence-electron chi connectivity index (χ0n) is 13.6. The predicted octanol–water partition coefficient (Wildman–Crippen LogP) is 3.57. The quantitative estimate of drug-likeness (QED) is 0.753. The number of ether oxygens (including phenoxy) is 1. The molecule has 3 aromatic rings. The Labute approximate surface area is 138 Å². The van der Waals surface area contributed by atoms with Crippen molar-refractivity contribution in [2.24, 2.45) is 0 Å². The number of nitrogen functional groups attached to an aromatic ring is 1. The molecule has 2 aromatic heterocycles. The number of nitrogens with zero attached hydrogens (tertiary/aromatic N) is 1. The number of rotatable bonds is 2. The molecule has 2 heterocycles. The van der Waals surface area contributed by atoms with Crippen molar-refractivity contribution in [1.29, 1.82) is 0 Å².